The van der Waals surface area contributed by atoms with Crippen LogP contribution in [0.25, 0.3) is 0 Å². The lowest BCUT2D eigenvalue weighted by Crippen LogP contribution is -2.40. The van der Waals surface area contributed by atoms with Gasteiger partial charge in [0.05, 0.1) is 6.54 Å². The van der Waals surface area contributed by atoms with E-state index in [1.165, 1.54) is 6.07 Å². The Hall–Kier alpha value is -1.62. The number of nitrogens with zero attached hydrogens (tertiary/aromatic N) is 1. The van der Waals surface area contributed by atoms with Crippen molar-refractivity contribution in [3.63, 3.8) is 0 Å². The highest BCUT2D eigenvalue weighted by atomic mass is 19.1. The summed E-state index contributed by atoms with van der Waals surface area (Å²) in [5, 5.41) is 15.9. The molecular weight excluding hydrogens is 317 g/mol. The molecule has 0 bridgehead atoms. The van der Waals surface area contributed by atoms with Gasteiger partial charge in [-0.15, -0.1) is 0 Å². The van der Waals surface area contributed by atoms with Gasteiger partial charge in [-0.3, -0.25) is 4.99 Å². The van der Waals surface area contributed by atoms with Crippen LogP contribution >= 0.6 is 0 Å². The van der Waals surface area contributed by atoms with E-state index in [1.807, 2.05) is 19.1 Å². The molecule has 1 aliphatic rings. The van der Waals surface area contributed by atoms with Crippen molar-refractivity contribution in [2.24, 2.45) is 10.9 Å². The molecular formula is C20H32FN3O. The van der Waals surface area contributed by atoms with Gasteiger partial charge in [0.25, 0.3) is 0 Å². The highest BCUT2D eigenvalue weighted by molar-refractivity contribution is 5.79. The van der Waals surface area contributed by atoms with Crippen molar-refractivity contribution in [2.45, 2.75) is 51.4 Å². The third-order valence-electron chi connectivity index (χ3n) is 4.98. The van der Waals surface area contributed by atoms with E-state index in [4.69, 9.17) is 4.99 Å². The van der Waals surface area contributed by atoms with Crippen molar-refractivity contribution in [3.05, 3.63) is 35.6 Å². The molecule has 25 heavy (non-hydrogen) atoms. The Labute approximate surface area is 150 Å². The van der Waals surface area contributed by atoms with Crippen molar-refractivity contribution in [2.75, 3.05) is 26.2 Å². The number of nitrogens with one attached hydrogen (secondary N) is 2. The average molecular weight is 349 g/mol. The lowest BCUT2D eigenvalue weighted by molar-refractivity contribution is 0.251. The number of benzene rings is 1. The SMILES string of the molecule is CCCC(CCO)CNC(=NCC1(c2ccccc2F)CC1)NCC. The van der Waals surface area contributed by atoms with Crippen LogP contribution in [0.4, 0.5) is 4.39 Å². The van der Waals surface area contributed by atoms with Crippen LogP contribution in [-0.2, 0) is 5.41 Å². The van der Waals surface area contributed by atoms with E-state index in [-0.39, 0.29) is 17.8 Å². The molecule has 4 nitrogen and oxygen atoms in total. The molecule has 0 aliphatic heterocycles. The highest BCUT2D eigenvalue weighted by Gasteiger charge is 2.45. The first kappa shape index (κ1) is 19.7. The fourth-order valence-corrected chi connectivity index (χ4v) is 3.31. The normalized spacial score (nSPS) is 17.2. The minimum Gasteiger partial charge on any atom is -0.396 e. The minimum atomic E-state index is -0.137. The van der Waals surface area contributed by atoms with Crippen molar-refractivity contribution in [1.29, 1.82) is 0 Å². The van der Waals surface area contributed by atoms with Crippen molar-refractivity contribution >= 4 is 5.96 Å². The second-order valence-electron chi connectivity index (χ2n) is 7.00. The zero-order valence-corrected chi connectivity index (χ0v) is 15.5. The van der Waals surface area contributed by atoms with E-state index in [9.17, 15) is 9.50 Å². The largest absolute Gasteiger partial charge is 0.396 e. The number of aliphatic hydroxyl groups excluding tert-OH is 1. The first-order chi connectivity index (χ1) is 12.1. The minimum absolute atomic E-state index is 0.126. The predicted molar refractivity (Wildman–Crippen MR) is 101 cm³/mol. The molecule has 2 rings (SSSR count). The first-order valence-corrected chi connectivity index (χ1v) is 9.53. The highest BCUT2D eigenvalue weighted by Crippen LogP contribution is 2.49. The molecule has 5 heteroatoms. The van der Waals surface area contributed by atoms with Gasteiger partial charge in [0, 0.05) is 25.1 Å². The second kappa shape index (κ2) is 9.76. The maximum atomic E-state index is 14.1. The maximum absolute atomic E-state index is 14.1. The summed E-state index contributed by atoms with van der Waals surface area (Å²) >= 11 is 0. The van der Waals surface area contributed by atoms with Gasteiger partial charge < -0.3 is 15.7 Å². The molecule has 140 valence electrons. The molecule has 1 unspecified atom stereocenters. The van der Waals surface area contributed by atoms with Gasteiger partial charge in [-0.25, -0.2) is 4.39 Å². The summed E-state index contributed by atoms with van der Waals surface area (Å²) in [5.74, 6) is 1.10. The van der Waals surface area contributed by atoms with Crippen LogP contribution in [0.5, 0.6) is 0 Å². The van der Waals surface area contributed by atoms with Crippen molar-refractivity contribution in [3.8, 4) is 0 Å². The van der Waals surface area contributed by atoms with Gasteiger partial charge in [0.15, 0.2) is 5.96 Å². The lowest BCUT2D eigenvalue weighted by Gasteiger charge is -2.19. The van der Waals surface area contributed by atoms with E-state index in [0.717, 1.165) is 56.7 Å². The van der Waals surface area contributed by atoms with E-state index in [1.54, 1.807) is 6.07 Å². The standard InChI is InChI=1S/C20H32FN3O/c1-3-7-16(10-13-25)14-23-19(22-4-2)24-15-20(11-12-20)17-8-5-6-9-18(17)21/h5-6,8-9,16,25H,3-4,7,10-15H2,1-2H3,(H2,22,23,24). The summed E-state index contributed by atoms with van der Waals surface area (Å²) in [6.45, 7) is 6.61. The molecule has 1 aromatic rings. The van der Waals surface area contributed by atoms with Crippen LogP contribution in [0.1, 0.15) is 51.5 Å². The predicted octanol–water partition coefficient (Wildman–Crippen LogP) is 3.21. The smallest absolute Gasteiger partial charge is 0.191 e. The molecule has 0 aromatic heterocycles. The van der Waals surface area contributed by atoms with Crippen molar-refractivity contribution < 1.29 is 9.50 Å². The molecule has 3 N–H and O–H groups in total. The Bertz CT molecular complexity index is 552. The second-order valence-corrected chi connectivity index (χ2v) is 7.00. The topological polar surface area (TPSA) is 56.6 Å². The van der Waals surface area contributed by atoms with E-state index >= 15 is 0 Å². The number of aliphatic hydroxyl groups is 1. The molecule has 0 spiro atoms. The summed E-state index contributed by atoms with van der Waals surface area (Å²) < 4.78 is 14.1. The number of hydrogen-bond donors (Lipinski definition) is 3. The number of guanidine groups is 1. The quantitative estimate of drug-likeness (QED) is 0.449. The van der Waals surface area contributed by atoms with Crippen LogP contribution in [0.3, 0.4) is 0 Å². The Morgan fingerprint density at radius 3 is 2.60 bits per heavy atom. The molecule has 0 amide bonds. The van der Waals surface area contributed by atoms with Crippen LogP contribution in [0.2, 0.25) is 0 Å². The molecule has 1 aromatic carbocycles. The molecule has 0 heterocycles. The fraction of sp³-hybridized carbons (Fsp3) is 0.650. The first-order valence-electron chi connectivity index (χ1n) is 9.53. The summed E-state index contributed by atoms with van der Waals surface area (Å²) in [7, 11) is 0. The van der Waals surface area contributed by atoms with Gasteiger partial charge in [0.1, 0.15) is 5.82 Å². The lowest BCUT2D eigenvalue weighted by atomic mass is 9.95. The molecule has 0 saturated heterocycles. The van der Waals surface area contributed by atoms with Crippen LogP contribution in [0, 0.1) is 11.7 Å². The Kier molecular flexibility index (Phi) is 7.69. The summed E-state index contributed by atoms with van der Waals surface area (Å²) in [6.07, 6.45) is 4.97. The van der Waals surface area contributed by atoms with Crippen LogP contribution in [-0.4, -0.2) is 37.3 Å². The number of halogens is 1. The average Bonchev–Trinajstić information content (AvgIpc) is 3.39. The van der Waals surface area contributed by atoms with Gasteiger partial charge in [-0.05, 0) is 50.2 Å². The molecule has 1 atom stereocenters. The summed E-state index contributed by atoms with van der Waals surface area (Å²) in [4.78, 5) is 4.72. The number of rotatable bonds is 10. The molecule has 0 radical (unpaired) electrons. The third kappa shape index (κ3) is 5.70. The Morgan fingerprint density at radius 1 is 1.24 bits per heavy atom. The summed E-state index contributed by atoms with van der Waals surface area (Å²) in [5.41, 5.74) is 0.653. The van der Waals surface area contributed by atoms with Gasteiger partial charge in [0.2, 0.25) is 0 Å². The van der Waals surface area contributed by atoms with Crippen LogP contribution in [0.15, 0.2) is 29.3 Å². The van der Waals surface area contributed by atoms with E-state index in [2.05, 4.69) is 17.6 Å². The molecule has 1 aliphatic carbocycles. The number of hydrogen-bond acceptors (Lipinski definition) is 2. The third-order valence-corrected chi connectivity index (χ3v) is 4.98. The summed E-state index contributed by atoms with van der Waals surface area (Å²) in [6, 6.07) is 7.05. The number of aliphatic imine (C=N–C) groups is 1. The Morgan fingerprint density at radius 2 is 2.00 bits per heavy atom. The zero-order valence-electron chi connectivity index (χ0n) is 15.5. The zero-order chi connectivity index (χ0) is 18.1. The van der Waals surface area contributed by atoms with Crippen molar-refractivity contribution in [1.82, 2.24) is 10.6 Å². The van der Waals surface area contributed by atoms with Gasteiger partial charge in [-0.1, -0.05) is 31.5 Å². The molecule has 1 saturated carbocycles. The monoisotopic (exact) mass is 349 g/mol. The van der Waals surface area contributed by atoms with Gasteiger partial charge >= 0.3 is 0 Å². The molecule has 1 fully saturated rings. The van der Waals surface area contributed by atoms with E-state index < -0.39 is 0 Å². The van der Waals surface area contributed by atoms with E-state index in [0.29, 0.717) is 12.5 Å². The van der Waals surface area contributed by atoms with Gasteiger partial charge in [-0.2, -0.15) is 0 Å². The fourth-order valence-electron chi connectivity index (χ4n) is 3.31. The maximum Gasteiger partial charge on any atom is 0.191 e. The van der Waals surface area contributed by atoms with Crippen LogP contribution < -0.4 is 10.6 Å². The Balaban J connectivity index is 1.98.